The molecule has 1 heterocycles. The zero-order chi connectivity index (χ0) is 9.30. The van der Waals surface area contributed by atoms with Gasteiger partial charge in [0.25, 0.3) is 0 Å². The molecule has 1 aliphatic heterocycles. The third kappa shape index (κ3) is 1.80. The topological polar surface area (TPSA) is 6.48 Å². The Bertz CT molecular complexity index is 145. The third-order valence-corrected chi connectivity index (χ3v) is 3.30. The van der Waals surface area contributed by atoms with E-state index < -0.39 is 0 Å². The first kappa shape index (κ1) is 10.0. The highest BCUT2D eigenvalue weighted by molar-refractivity contribution is 4.82. The van der Waals surface area contributed by atoms with Gasteiger partial charge >= 0.3 is 0 Å². The molecule has 0 aromatic rings. The molecule has 0 saturated carbocycles. The zero-order valence-electron chi connectivity index (χ0n) is 9.04. The Hall–Kier alpha value is -0.0800. The smallest absolute Gasteiger partial charge is 0.0590 e. The highest BCUT2D eigenvalue weighted by Gasteiger charge is 2.29. The van der Waals surface area contributed by atoms with Gasteiger partial charge in [0.1, 0.15) is 0 Å². The number of hydrogen-bond donors (Lipinski definition) is 0. The van der Waals surface area contributed by atoms with Crippen molar-refractivity contribution in [3.05, 3.63) is 0 Å². The molecule has 2 heteroatoms. The molecule has 2 atom stereocenters. The quantitative estimate of drug-likeness (QED) is 0.590. The molecule has 0 bridgehead atoms. The first-order valence-electron chi connectivity index (χ1n) is 4.96. The monoisotopic (exact) mass is 170 g/mol. The van der Waals surface area contributed by atoms with Crippen LogP contribution in [0.5, 0.6) is 0 Å². The second-order valence-corrected chi connectivity index (χ2v) is 4.38. The molecule has 0 radical (unpaired) electrons. The van der Waals surface area contributed by atoms with Crippen molar-refractivity contribution < 1.29 is 0 Å². The molecule has 1 rings (SSSR count). The maximum Gasteiger partial charge on any atom is 0.0590 e. The van der Waals surface area contributed by atoms with Crippen molar-refractivity contribution in [1.82, 2.24) is 9.80 Å². The summed E-state index contributed by atoms with van der Waals surface area (Å²) in [5.74, 6) is 0.783. The summed E-state index contributed by atoms with van der Waals surface area (Å²) in [6.07, 6.45) is 1.92. The fraction of sp³-hybridized carbons (Fsp3) is 1.00. The molecule has 0 N–H and O–H groups in total. The maximum absolute atomic E-state index is 2.49. The van der Waals surface area contributed by atoms with Gasteiger partial charge in [-0.2, -0.15) is 0 Å². The standard InChI is InChI=1S/C10H22N2/c1-8(2)10-6-7-11(4)9(3)12(10)5/h8-10H,6-7H2,1-5H3/t9?,10-/m1/s1. The van der Waals surface area contributed by atoms with Crippen molar-refractivity contribution >= 4 is 0 Å². The van der Waals surface area contributed by atoms with Gasteiger partial charge in [0.2, 0.25) is 0 Å². The SMILES string of the molecule is CC(C)[C@H]1CCN(C)C(C)N1C. The molecule has 0 aliphatic carbocycles. The molecule has 12 heavy (non-hydrogen) atoms. The first-order valence-corrected chi connectivity index (χ1v) is 4.96. The molecule has 1 fully saturated rings. The Balaban J connectivity index is 2.58. The molecule has 1 saturated heterocycles. The third-order valence-electron chi connectivity index (χ3n) is 3.30. The van der Waals surface area contributed by atoms with Gasteiger partial charge in [0, 0.05) is 12.6 Å². The number of hydrogen-bond acceptors (Lipinski definition) is 2. The van der Waals surface area contributed by atoms with Crippen LogP contribution in [0.25, 0.3) is 0 Å². The fourth-order valence-electron chi connectivity index (χ4n) is 2.12. The Morgan fingerprint density at radius 3 is 2.33 bits per heavy atom. The summed E-state index contributed by atoms with van der Waals surface area (Å²) in [4.78, 5) is 4.91. The average molecular weight is 170 g/mol. The highest BCUT2D eigenvalue weighted by atomic mass is 15.4. The van der Waals surface area contributed by atoms with E-state index in [9.17, 15) is 0 Å². The van der Waals surface area contributed by atoms with Crippen molar-refractivity contribution in [2.24, 2.45) is 5.92 Å². The molecule has 72 valence electrons. The van der Waals surface area contributed by atoms with Crippen LogP contribution in [-0.4, -0.2) is 42.6 Å². The highest BCUT2D eigenvalue weighted by Crippen LogP contribution is 2.21. The average Bonchev–Trinajstić information content (AvgIpc) is 2.00. The lowest BCUT2D eigenvalue weighted by Gasteiger charge is -2.45. The normalized spacial score (nSPS) is 34.5. The van der Waals surface area contributed by atoms with Crippen molar-refractivity contribution in [3.63, 3.8) is 0 Å². The van der Waals surface area contributed by atoms with Gasteiger partial charge in [-0.3, -0.25) is 9.80 Å². The summed E-state index contributed by atoms with van der Waals surface area (Å²) >= 11 is 0. The van der Waals surface area contributed by atoms with Crippen molar-refractivity contribution in [2.75, 3.05) is 20.6 Å². The lowest BCUT2D eigenvalue weighted by atomic mass is 9.96. The largest absolute Gasteiger partial charge is 0.291 e. The van der Waals surface area contributed by atoms with E-state index >= 15 is 0 Å². The predicted octanol–water partition coefficient (Wildman–Crippen LogP) is 1.62. The lowest BCUT2D eigenvalue weighted by molar-refractivity contribution is -0.00543. The molecular weight excluding hydrogens is 148 g/mol. The summed E-state index contributed by atoms with van der Waals surface area (Å²) in [5, 5.41) is 0. The second-order valence-electron chi connectivity index (χ2n) is 4.38. The Morgan fingerprint density at radius 2 is 1.83 bits per heavy atom. The first-order chi connectivity index (χ1) is 5.54. The summed E-state index contributed by atoms with van der Waals surface area (Å²) < 4.78 is 0. The minimum absolute atomic E-state index is 0.603. The van der Waals surface area contributed by atoms with Crippen LogP contribution < -0.4 is 0 Å². The molecular formula is C10H22N2. The van der Waals surface area contributed by atoms with E-state index in [2.05, 4.69) is 44.7 Å². The fourth-order valence-corrected chi connectivity index (χ4v) is 2.12. The molecule has 1 unspecified atom stereocenters. The molecule has 1 aliphatic rings. The lowest BCUT2D eigenvalue weighted by Crippen LogP contribution is -2.55. The van der Waals surface area contributed by atoms with Crippen LogP contribution >= 0.6 is 0 Å². The molecule has 0 aromatic heterocycles. The van der Waals surface area contributed by atoms with Crippen LogP contribution in [0.4, 0.5) is 0 Å². The summed E-state index contributed by atoms with van der Waals surface area (Å²) in [6, 6.07) is 0.774. The van der Waals surface area contributed by atoms with E-state index in [0.717, 1.165) is 12.0 Å². The van der Waals surface area contributed by atoms with Crippen LogP contribution in [0.1, 0.15) is 27.2 Å². The summed E-state index contributed by atoms with van der Waals surface area (Å²) in [6.45, 7) is 8.17. The Kier molecular flexibility index (Phi) is 3.13. The van der Waals surface area contributed by atoms with Gasteiger partial charge in [-0.25, -0.2) is 0 Å². The van der Waals surface area contributed by atoms with Gasteiger partial charge in [-0.05, 0) is 33.4 Å². The van der Waals surface area contributed by atoms with E-state index in [1.165, 1.54) is 13.0 Å². The van der Waals surface area contributed by atoms with Crippen molar-refractivity contribution in [1.29, 1.82) is 0 Å². The van der Waals surface area contributed by atoms with Crippen LogP contribution in [0.15, 0.2) is 0 Å². The van der Waals surface area contributed by atoms with E-state index in [1.54, 1.807) is 0 Å². The van der Waals surface area contributed by atoms with Crippen LogP contribution in [0.3, 0.4) is 0 Å². The van der Waals surface area contributed by atoms with Crippen LogP contribution in [0.2, 0.25) is 0 Å². The van der Waals surface area contributed by atoms with Gasteiger partial charge in [-0.15, -0.1) is 0 Å². The minimum atomic E-state index is 0.603. The zero-order valence-corrected chi connectivity index (χ0v) is 9.04. The molecule has 0 spiro atoms. The van der Waals surface area contributed by atoms with E-state index in [1.807, 2.05) is 0 Å². The van der Waals surface area contributed by atoms with Gasteiger partial charge < -0.3 is 0 Å². The molecule has 0 aromatic carbocycles. The van der Waals surface area contributed by atoms with Gasteiger partial charge in [0.15, 0.2) is 0 Å². The molecule has 2 nitrogen and oxygen atoms in total. The van der Waals surface area contributed by atoms with Gasteiger partial charge in [-0.1, -0.05) is 13.8 Å². The summed E-state index contributed by atoms with van der Waals surface area (Å²) in [5.41, 5.74) is 0. The van der Waals surface area contributed by atoms with E-state index in [4.69, 9.17) is 0 Å². The Labute approximate surface area is 76.5 Å². The number of nitrogens with zero attached hydrogens (tertiary/aromatic N) is 2. The van der Waals surface area contributed by atoms with Crippen molar-refractivity contribution in [3.8, 4) is 0 Å². The van der Waals surface area contributed by atoms with Crippen LogP contribution in [-0.2, 0) is 0 Å². The predicted molar refractivity (Wildman–Crippen MR) is 53.1 cm³/mol. The van der Waals surface area contributed by atoms with Crippen LogP contribution in [0, 0.1) is 5.92 Å². The van der Waals surface area contributed by atoms with Gasteiger partial charge in [0.05, 0.1) is 6.17 Å². The molecule has 0 amide bonds. The number of rotatable bonds is 1. The Morgan fingerprint density at radius 1 is 1.25 bits per heavy atom. The summed E-state index contributed by atoms with van der Waals surface area (Å²) in [7, 11) is 4.45. The van der Waals surface area contributed by atoms with Crippen molar-refractivity contribution in [2.45, 2.75) is 39.4 Å². The maximum atomic E-state index is 2.49. The van der Waals surface area contributed by atoms with E-state index in [0.29, 0.717) is 6.17 Å². The minimum Gasteiger partial charge on any atom is -0.291 e. The second kappa shape index (κ2) is 3.75. The van der Waals surface area contributed by atoms with E-state index in [-0.39, 0.29) is 0 Å².